The molecule has 1 aliphatic heterocycles. The first kappa shape index (κ1) is 12.9. The van der Waals surface area contributed by atoms with Crippen molar-refractivity contribution in [2.75, 3.05) is 12.3 Å². The number of nitrogens with zero attached hydrogens (tertiary/aromatic N) is 1. The largest absolute Gasteiger partial charge is 0.398 e. The lowest BCUT2D eigenvalue weighted by Gasteiger charge is -2.38. The molecule has 1 unspecified atom stereocenters. The predicted octanol–water partition coefficient (Wildman–Crippen LogP) is 3.18. The van der Waals surface area contributed by atoms with E-state index in [-0.39, 0.29) is 0 Å². The minimum atomic E-state index is 0.674. The maximum Gasteiger partial charge on any atom is 0.0362 e. The Bertz CT molecular complexity index is 662. The van der Waals surface area contributed by atoms with Crippen LogP contribution in [0.25, 0.3) is 0 Å². The lowest BCUT2D eigenvalue weighted by Crippen LogP contribution is -2.42. The van der Waals surface area contributed by atoms with Crippen molar-refractivity contribution in [3.05, 3.63) is 64.7 Å². The van der Waals surface area contributed by atoms with Crippen molar-refractivity contribution in [2.45, 2.75) is 38.3 Å². The minimum absolute atomic E-state index is 0.674. The molecule has 1 heterocycles. The Labute approximate surface area is 126 Å². The first-order valence-corrected chi connectivity index (χ1v) is 7.98. The van der Waals surface area contributed by atoms with E-state index in [4.69, 9.17) is 5.73 Å². The van der Waals surface area contributed by atoms with Crippen LogP contribution in [0.3, 0.4) is 0 Å². The molecule has 0 saturated carbocycles. The standard InChI is InChI=1S/C19H22N2/c20-19-7-3-6-15-10-11-21(13-18(15)19)17-9-8-14-4-1-2-5-16(14)12-17/h1-7,17H,8-13,20H2. The third-order valence-corrected chi connectivity index (χ3v) is 5.18. The summed E-state index contributed by atoms with van der Waals surface area (Å²) < 4.78 is 0. The Hall–Kier alpha value is -1.80. The van der Waals surface area contributed by atoms with Crippen LogP contribution in [0.5, 0.6) is 0 Å². The van der Waals surface area contributed by atoms with Crippen LogP contribution in [0.2, 0.25) is 0 Å². The Morgan fingerprint density at radius 1 is 0.905 bits per heavy atom. The smallest absolute Gasteiger partial charge is 0.0362 e. The molecule has 21 heavy (non-hydrogen) atoms. The molecule has 2 aromatic carbocycles. The molecule has 1 aliphatic carbocycles. The second-order valence-corrected chi connectivity index (χ2v) is 6.37. The molecule has 0 fully saturated rings. The van der Waals surface area contributed by atoms with E-state index in [0.29, 0.717) is 6.04 Å². The van der Waals surface area contributed by atoms with Gasteiger partial charge in [-0.05, 0) is 54.0 Å². The van der Waals surface area contributed by atoms with E-state index in [0.717, 1.165) is 18.7 Å². The Kier molecular flexibility index (Phi) is 3.19. The third-order valence-electron chi connectivity index (χ3n) is 5.18. The molecule has 0 radical (unpaired) electrons. The van der Waals surface area contributed by atoms with Gasteiger partial charge in [-0.25, -0.2) is 0 Å². The number of nitrogens with two attached hydrogens (primary N) is 1. The van der Waals surface area contributed by atoms with Gasteiger partial charge in [0.05, 0.1) is 0 Å². The Morgan fingerprint density at radius 3 is 2.62 bits per heavy atom. The molecule has 0 spiro atoms. The predicted molar refractivity (Wildman–Crippen MR) is 87.2 cm³/mol. The summed E-state index contributed by atoms with van der Waals surface area (Å²) in [6.07, 6.45) is 4.82. The highest BCUT2D eigenvalue weighted by atomic mass is 15.2. The normalized spacial score (nSPS) is 21.6. The molecular formula is C19H22N2. The first-order valence-electron chi connectivity index (χ1n) is 7.98. The average molecular weight is 278 g/mol. The van der Waals surface area contributed by atoms with Crippen LogP contribution in [-0.4, -0.2) is 17.5 Å². The van der Waals surface area contributed by atoms with E-state index in [1.54, 1.807) is 11.1 Å². The molecule has 2 heteroatoms. The van der Waals surface area contributed by atoms with E-state index in [2.05, 4.69) is 41.3 Å². The zero-order chi connectivity index (χ0) is 14.2. The summed E-state index contributed by atoms with van der Waals surface area (Å²) in [5, 5.41) is 0. The summed E-state index contributed by atoms with van der Waals surface area (Å²) in [5.41, 5.74) is 13.0. The van der Waals surface area contributed by atoms with Gasteiger partial charge in [0.1, 0.15) is 0 Å². The van der Waals surface area contributed by atoms with E-state index < -0.39 is 0 Å². The van der Waals surface area contributed by atoms with Gasteiger partial charge >= 0.3 is 0 Å². The number of rotatable bonds is 1. The Morgan fingerprint density at radius 2 is 1.71 bits per heavy atom. The van der Waals surface area contributed by atoms with Gasteiger partial charge in [-0.3, -0.25) is 4.90 Å². The number of anilines is 1. The molecular weight excluding hydrogens is 256 g/mol. The van der Waals surface area contributed by atoms with E-state index >= 15 is 0 Å². The zero-order valence-corrected chi connectivity index (χ0v) is 12.4. The Balaban J connectivity index is 1.56. The summed E-state index contributed by atoms with van der Waals surface area (Å²) >= 11 is 0. The number of hydrogen-bond acceptors (Lipinski definition) is 2. The van der Waals surface area contributed by atoms with Crippen LogP contribution in [0.1, 0.15) is 28.7 Å². The SMILES string of the molecule is Nc1cccc2c1CN(C1CCc3ccccc3C1)CC2. The number of fused-ring (bicyclic) bond motifs is 2. The maximum absolute atomic E-state index is 6.18. The van der Waals surface area contributed by atoms with Crippen LogP contribution in [0, 0.1) is 0 Å². The summed E-state index contributed by atoms with van der Waals surface area (Å²) in [6, 6.07) is 16.0. The van der Waals surface area contributed by atoms with Crippen molar-refractivity contribution in [1.82, 2.24) is 4.90 Å². The van der Waals surface area contributed by atoms with Gasteiger partial charge in [-0.15, -0.1) is 0 Å². The fourth-order valence-corrected chi connectivity index (χ4v) is 3.93. The van der Waals surface area contributed by atoms with Gasteiger partial charge in [0.25, 0.3) is 0 Å². The molecule has 0 saturated heterocycles. The molecule has 4 rings (SSSR count). The highest BCUT2D eigenvalue weighted by molar-refractivity contribution is 5.51. The molecule has 2 aliphatic rings. The highest BCUT2D eigenvalue weighted by Gasteiger charge is 2.27. The second kappa shape index (κ2) is 5.19. The number of hydrogen-bond donors (Lipinski definition) is 1. The maximum atomic E-state index is 6.18. The third kappa shape index (κ3) is 2.34. The van der Waals surface area contributed by atoms with Crippen LogP contribution >= 0.6 is 0 Å². The van der Waals surface area contributed by atoms with Crippen molar-refractivity contribution in [3.8, 4) is 0 Å². The molecule has 108 valence electrons. The van der Waals surface area contributed by atoms with Crippen molar-refractivity contribution in [1.29, 1.82) is 0 Å². The summed E-state index contributed by atoms with van der Waals surface area (Å²) in [7, 11) is 0. The van der Waals surface area contributed by atoms with E-state index in [9.17, 15) is 0 Å². The molecule has 2 N–H and O–H groups in total. The topological polar surface area (TPSA) is 29.3 Å². The molecule has 1 atom stereocenters. The number of nitrogen functional groups attached to an aromatic ring is 1. The monoisotopic (exact) mass is 278 g/mol. The molecule has 0 aromatic heterocycles. The van der Waals surface area contributed by atoms with E-state index in [1.165, 1.54) is 36.9 Å². The van der Waals surface area contributed by atoms with Crippen LogP contribution < -0.4 is 5.73 Å². The fourth-order valence-electron chi connectivity index (χ4n) is 3.93. The first-order chi connectivity index (χ1) is 10.3. The lowest BCUT2D eigenvalue weighted by molar-refractivity contribution is 0.163. The fraction of sp³-hybridized carbons (Fsp3) is 0.368. The lowest BCUT2D eigenvalue weighted by atomic mass is 9.86. The van der Waals surface area contributed by atoms with Crippen LogP contribution in [0.15, 0.2) is 42.5 Å². The van der Waals surface area contributed by atoms with Gasteiger partial charge < -0.3 is 5.73 Å². The quantitative estimate of drug-likeness (QED) is 0.812. The van der Waals surface area contributed by atoms with Gasteiger partial charge in [0.15, 0.2) is 0 Å². The molecule has 2 aromatic rings. The minimum Gasteiger partial charge on any atom is -0.398 e. The molecule has 2 nitrogen and oxygen atoms in total. The molecule has 0 bridgehead atoms. The van der Waals surface area contributed by atoms with Crippen LogP contribution in [0.4, 0.5) is 5.69 Å². The highest BCUT2D eigenvalue weighted by Crippen LogP contribution is 2.30. The van der Waals surface area contributed by atoms with Crippen molar-refractivity contribution >= 4 is 5.69 Å². The van der Waals surface area contributed by atoms with Crippen LogP contribution in [-0.2, 0) is 25.8 Å². The molecule has 0 amide bonds. The van der Waals surface area contributed by atoms with E-state index in [1.807, 2.05) is 6.07 Å². The number of benzene rings is 2. The van der Waals surface area contributed by atoms with Gasteiger partial charge in [0.2, 0.25) is 0 Å². The summed E-state index contributed by atoms with van der Waals surface area (Å²) in [4.78, 5) is 2.65. The number of aryl methyl sites for hydroxylation is 1. The summed E-state index contributed by atoms with van der Waals surface area (Å²) in [6.45, 7) is 2.19. The van der Waals surface area contributed by atoms with Gasteiger partial charge in [-0.2, -0.15) is 0 Å². The van der Waals surface area contributed by atoms with Crippen molar-refractivity contribution < 1.29 is 0 Å². The average Bonchev–Trinajstić information content (AvgIpc) is 2.54. The second-order valence-electron chi connectivity index (χ2n) is 6.37. The van der Waals surface area contributed by atoms with Crippen molar-refractivity contribution in [3.63, 3.8) is 0 Å². The zero-order valence-electron chi connectivity index (χ0n) is 12.4. The van der Waals surface area contributed by atoms with Gasteiger partial charge in [0, 0.05) is 24.8 Å². The van der Waals surface area contributed by atoms with Gasteiger partial charge in [-0.1, -0.05) is 36.4 Å². The summed E-state index contributed by atoms with van der Waals surface area (Å²) in [5.74, 6) is 0. The van der Waals surface area contributed by atoms with Crippen molar-refractivity contribution in [2.24, 2.45) is 0 Å².